The maximum atomic E-state index is 2.37. The summed E-state index contributed by atoms with van der Waals surface area (Å²) in [6.45, 7) is 25.3. The van der Waals surface area contributed by atoms with Crippen LogP contribution in [0.15, 0.2) is 72.8 Å². The van der Waals surface area contributed by atoms with Crippen molar-refractivity contribution < 1.29 is 0 Å². The lowest BCUT2D eigenvalue weighted by atomic mass is 9.99. The summed E-state index contributed by atoms with van der Waals surface area (Å²) in [5, 5.41) is 0. The van der Waals surface area contributed by atoms with Crippen LogP contribution in [0.3, 0.4) is 0 Å². The average molecular weight is 521 g/mol. The van der Waals surface area contributed by atoms with Crippen LogP contribution in [0.25, 0.3) is 11.1 Å². The molecule has 0 saturated carbocycles. The van der Waals surface area contributed by atoms with Crippen molar-refractivity contribution in [1.82, 2.24) is 9.80 Å². The molecule has 0 N–H and O–H groups in total. The lowest BCUT2D eigenvalue weighted by Crippen LogP contribution is -2.15. The Labute approximate surface area is 238 Å². The van der Waals surface area contributed by atoms with Crippen molar-refractivity contribution in [2.24, 2.45) is 0 Å². The highest BCUT2D eigenvalue weighted by Gasteiger charge is 2.17. The highest BCUT2D eigenvalue weighted by molar-refractivity contribution is 5.77. The van der Waals surface area contributed by atoms with Gasteiger partial charge in [0.15, 0.2) is 0 Å². The lowest BCUT2D eigenvalue weighted by Gasteiger charge is -2.07. The summed E-state index contributed by atoms with van der Waals surface area (Å²) in [4.78, 5) is 4.50. The molecule has 38 heavy (non-hydrogen) atoms. The average Bonchev–Trinajstić information content (AvgIpc) is 3.38. The van der Waals surface area contributed by atoms with Gasteiger partial charge in [-0.2, -0.15) is 0 Å². The predicted molar refractivity (Wildman–Crippen MR) is 176 cm³/mol. The van der Waals surface area contributed by atoms with E-state index in [1.807, 2.05) is 41.5 Å². The molecule has 1 aliphatic rings. The fourth-order valence-corrected chi connectivity index (χ4v) is 3.56. The molecular formula is C36H60N2. The first-order chi connectivity index (χ1) is 18.5. The number of fused-ring (bicyclic) bond motifs is 3. The van der Waals surface area contributed by atoms with Crippen molar-refractivity contribution in [3.8, 4) is 11.1 Å². The summed E-state index contributed by atoms with van der Waals surface area (Å²) in [5.41, 5.74) is 8.53. The fraction of sp³-hybridized carbons (Fsp3) is 0.500. The van der Waals surface area contributed by atoms with Gasteiger partial charge in [0.05, 0.1) is 0 Å². The second kappa shape index (κ2) is 24.9. The Bertz CT molecular complexity index is 900. The van der Waals surface area contributed by atoms with Gasteiger partial charge >= 0.3 is 0 Å². The van der Waals surface area contributed by atoms with Crippen LogP contribution in [-0.4, -0.2) is 50.1 Å². The Morgan fingerprint density at radius 1 is 0.500 bits per heavy atom. The van der Waals surface area contributed by atoms with E-state index in [1.165, 1.54) is 33.4 Å². The normalized spacial score (nSPS) is 9.95. The molecule has 2 heteroatoms. The zero-order valence-corrected chi connectivity index (χ0v) is 27.1. The first-order valence-corrected chi connectivity index (χ1v) is 15.1. The first kappa shape index (κ1) is 37.7. The van der Waals surface area contributed by atoms with Gasteiger partial charge in [0, 0.05) is 0 Å². The standard InChI is InChI=1S/C20H16.2C5H13N.3C2H6/c1-2-6-15(7-3-1)12-16-10-11-18-14-17-8-4-5-9-19(17)20(18)13-16;2*1-4-6(3)5-2;3*1-2/h1-11,13H,12,14H2;2*4-5H2,1-3H3;3*1-2H3. The van der Waals surface area contributed by atoms with Crippen LogP contribution in [-0.2, 0) is 12.8 Å². The van der Waals surface area contributed by atoms with Crippen LogP contribution in [0.4, 0.5) is 0 Å². The summed E-state index contributed by atoms with van der Waals surface area (Å²) in [7, 11) is 4.22. The van der Waals surface area contributed by atoms with Crippen LogP contribution in [0.2, 0.25) is 0 Å². The Hall–Kier alpha value is -2.42. The van der Waals surface area contributed by atoms with E-state index < -0.39 is 0 Å². The predicted octanol–water partition coefficient (Wildman–Crippen LogP) is 9.84. The molecule has 2 nitrogen and oxygen atoms in total. The highest BCUT2D eigenvalue weighted by atomic mass is 15.1. The van der Waals surface area contributed by atoms with Crippen LogP contribution in [0.1, 0.15) is 91.5 Å². The summed E-state index contributed by atoms with van der Waals surface area (Å²) in [5.74, 6) is 0. The molecular weight excluding hydrogens is 460 g/mol. The molecule has 0 radical (unpaired) electrons. The Morgan fingerprint density at radius 3 is 1.42 bits per heavy atom. The molecule has 3 aromatic rings. The zero-order chi connectivity index (χ0) is 29.3. The van der Waals surface area contributed by atoms with Crippen molar-refractivity contribution in [2.45, 2.75) is 82.1 Å². The molecule has 3 aromatic carbocycles. The summed E-state index contributed by atoms with van der Waals surface area (Å²) in [6.07, 6.45) is 2.09. The van der Waals surface area contributed by atoms with Gasteiger partial charge in [-0.3, -0.25) is 0 Å². The van der Waals surface area contributed by atoms with E-state index in [4.69, 9.17) is 0 Å². The van der Waals surface area contributed by atoms with Crippen molar-refractivity contribution in [1.29, 1.82) is 0 Å². The second-order valence-corrected chi connectivity index (χ2v) is 8.46. The van der Waals surface area contributed by atoms with E-state index in [1.54, 1.807) is 0 Å². The van der Waals surface area contributed by atoms with Gasteiger partial charge in [0.2, 0.25) is 0 Å². The van der Waals surface area contributed by atoms with E-state index in [2.05, 4.69) is 124 Å². The van der Waals surface area contributed by atoms with Gasteiger partial charge in [0.1, 0.15) is 0 Å². The maximum Gasteiger partial charge on any atom is -0.00135 e. The Kier molecular flexibility index (Phi) is 24.7. The van der Waals surface area contributed by atoms with Crippen LogP contribution in [0, 0.1) is 0 Å². The molecule has 0 amide bonds. The molecule has 0 aromatic heterocycles. The molecule has 0 unspecified atom stereocenters. The lowest BCUT2D eigenvalue weighted by molar-refractivity contribution is 0.373. The maximum absolute atomic E-state index is 2.37. The largest absolute Gasteiger partial charge is 0.307 e. The van der Waals surface area contributed by atoms with Gasteiger partial charge in [-0.05, 0) is 86.5 Å². The van der Waals surface area contributed by atoms with Crippen molar-refractivity contribution in [2.75, 3.05) is 40.3 Å². The van der Waals surface area contributed by atoms with Crippen molar-refractivity contribution in [3.63, 3.8) is 0 Å². The molecule has 1 aliphatic carbocycles. The van der Waals surface area contributed by atoms with Gasteiger partial charge in [-0.1, -0.05) is 142 Å². The van der Waals surface area contributed by atoms with E-state index in [0.717, 1.165) is 39.0 Å². The summed E-state index contributed by atoms with van der Waals surface area (Å²) < 4.78 is 0. The number of nitrogens with zero attached hydrogens (tertiary/aromatic N) is 2. The van der Waals surface area contributed by atoms with E-state index in [9.17, 15) is 0 Å². The molecule has 4 rings (SSSR count). The molecule has 0 fully saturated rings. The van der Waals surface area contributed by atoms with E-state index in [-0.39, 0.29) is 0 Å². The number of hydrogen-bond acceptors (Lipinski definition) is 2. The third-order valence-corrected chi connectivity index (χ3v) is 6.27. The zero-order valence-electron chi connectivity index (χ0n) is 27.1. The number of benzene rings is 3. The van der Waals surface area contributed by atoms with Crippen LogP contribution < -0.4 is 0 Å². The van der Waals surface area contributed by atoms with E-state index >= 15 is 0 Å². The highest BCUT2D eigenvalue weighted by Crippen LogP contribution is 2.37. The topological polar surface area (TPSA) is 6.48 Å². The molecule has 0 saturated heterocycles. The van der Waals surface area contributed by atoms with Gasteiger partial charge in [0.25, 0.3) is 0 Å². The van der Waals surface area contributed by atoms with Crippen molar-refractivity contribution in [3.05, 3.63) is 95.1 Å². The smallest absolute Gasteiger partial charge is 0.00135 e. The van der Waals surface area contributed by atoms with Gasteiger partial charge < -0.3 is 9.80 Å². The minimum absolute atomic E-state index is 1.01. The van der Waals surface area contributed by atoms with Crippen molar-refractivity contribution >= 4 is 0 Å². The van der Waals surface area contributed by atoms with Crippen LogP contribution in [0.5, 0.6) is 0 Å². The summed E-state index contributed by atoms with van der Waals surface area (Å²) >= 11 is 0. The molecule has 0 spiro atoms. The van der Waals surface area contributed by atoms with Gasteiger partial charge in [-0.15, -0.1) is 0 Å². The molecule has 0 aliphatic heterocycles. The Morgan fingerprint density at radius 2 is 0.947 bits per heavy atom. The number of hydrogen-bond donors (Lipinski definition) is 0. The third-order valence-electron chi connectivity index (χ3n) is 6.27. The Balaban J connectivity index is 0. The SMILES string of the molecule is CC.CC.CC.CCN(C)CC.CCN(C)CC.c1ccc(Cc2ccc3c(c2)-c2ccccc2C3)cc1. The first-order valence-electron chi connectivity index (χ1n) is 15.1. The minimum Gasteiger partial charge on any atom is -0.307 e. The molecule has 214 valence electrons. The monoisotopic (exact) mass is 520 g/mol. The quantitative estimate of drug-likeness (QED) is 0.249. The van der Waals surface area contributed by atoms with E-state index in [0.29, 0.717) is 0 Å². The summed E-state index contributed by atoms with van der Waals surface area (Å²) in [6, 6.07) is 26.4. The number of rotatable bonds is 6. The minimum atomic E-state index is 1.01. The fourth-order valence-electron chi connectivity index (χ4n) is 3.56. The molecule has 0 heterocycles. The van der Waals surface area contributed by atoms with Crippen LogP contribution >= 0.6 is 0 Å². The molecule has 0 atom stereocenters. The third kappa shape index (κ3) is 14.5. The molecule has 0 bridgehead atoms. The van der Waals surface area contributed by atoms with Gasteiger partial charge in [-0.25, -0.2) is 0 Å². The second-order valence-electron chi connectivity index (χ2n) is 8.46.